The predicted octanol–water partition coefficient (Wildman–Crippen LogP) is 4.34. The van der Waals surface area contributed by atoms with Crippen molar-refractivity contribution in [3.8, 4) is 11.8 Å². The highest BCUT2D eigenvalue weighted by Gasteiger charge is 2.32. The van der Waals surface area contributed by atoms with Crippen molar-refractivity contribution in [2.75, 3.05) is 13.1 Å². The zero-order valence-electron chi connectivity index (χ0n) is 17.1. The standard InChI is InChI=1S/C24H26N2O3/c1-16(2)29-23-9-7-19(11-21(23)12-25)5-4-18-6-8-20(17(3)10-18)13-26-14-22(15-26)24(27)28/h4-11,16,22H,13-15H2,1-3H3,(H,27,28)/b5-4+. The van der Waals surface area contributed by atoms with E-state index in [4.69, 9.17) is 9.84 Å². The van der Waals surface area contributed by atoms with Crippen LogP contribution < -0.4 is 4.74 Å². The topological polar surface area (TPSA) is 73.6 Å². The molecule has 1 fully saturated rings. The monoisotopic (exact) mass is 390 g/mol. The van der Waals surface area contributed by atoms with Crippen LogP contribution in [0.1, 0.15) is 41.7 Å². The molecule has 2 aromatic carbocycles. The van der Waals surface area contributed by atoms with E-state index >= 15 is 0 Å². The highest BCUT2D eigenvalue weighted by molar-refractivity contribution is 5.72. The SMILES string of the molecule is Cc1cc(/C=C/c2ccc(OC(C)C)c(C#N)c2)ccc1CN1CC(C(=O)O)C1. The Morgan fingerprint density at radius 1 is 1.24 bits per heavy atom. The van der Waals surface area contributed by atoms with Crippen molar-refractivity contribution in [3.05, 3.63) is 64.2 Å². The van der Waals surface area contributed by atoms with Gasteiger partial charge >= 0.3 is 5.97 Å². The molecule has 5 nitrogen and oxygen atoms in total. The van der Waals surface area contributed by atoms with E-state index in [9.17, 15) is 10.1 Å². The fourth-order valence-electron chi connectivity index (χ4n) is 3.38. The van der Waals surface area contributed by atoms with E-state index < -0.39 is 5.97 Å². The first kappa shape index (κ1) is 20.6. The average Bonchev–Trinajstić information content (AvgIpc) is 2.64. The van der Waals surface area contributed by atoms with Gasteiger partial charge in [0, 0.05) is 19.6 Å². The minimum Gasteiger partial charge on any atom is -0.490 e. The molecule has 2 aromatic rings. The second-order valence-corrected chi connectivity index (χ2v) is 7.78. The Balaban J connectivity index is 1.66. The summed E-state index contributed by atoms with van der Waals surface area (Å²) in [5.74, 6) is -0.328. The Labute approximate surface area is 171 Å². The molecule has 0 bridgehead atoms. The van der Waals surface area contributed by atoms with Crippen molar-refractivity contribution in [1.82, 2.24) is 4.90 Å². The van der Waals surface area contributed by atoms with Crippen LogP contribution in [0.15, 0.2) is 36.4 Å². The summed E-state index contributed by atoms with van der Waals surface area (Å²) in [6.07, 6.45) is 4.04. The van der Waals surface area contributed by atoms with E-state index in [0.717, 1.165) is 17.7 Å². The highest BCUT2D eigenvalue weighted by atomic mass is 16.5. The molecule has 29 heavy (non-hydrogen) atoms. The second kappa shape index (κ2) is 8.93. The van der Waals surface area contributed by atoms with Crippen LogP contribution in [-0.4, -0.2) is 35.2 Å². The Bertz CT molecular complexity index is 967. The molecule has 0 atom stereocenters. The van der Waals surface area contributed by atoms with Gasteiger partial charge in [-0.05, 0) is 55.2 Å². The fourth-order valence-corrected chi connectivity index (χ4v) is 3.38. The first-order chi connectivity index (χ1) is 13.9. The number of aliphatic carboxylic acids is 1. The van der Waals surface area contributed by atoms with E-state index in [2.05, 4.69) is 36.1 Å². The van der Waals surface area contributed by atoms with Crippen molar-refractivity contribution in [3.63, 3.8) is 0 Å². The van der Waals surface area contributed by atoms with Crippen molar-refractivity contribution >= 4 is 18.1 Å². The van der Waals surface area contributed by atoms with E-state index in [1.165, 1.54) is 11.1 Å². The lowest BCUT2D eigenvalue weighted by atomic mass is 9.97. The Kier molecular flexibility index (Phi) is 6.36. The number of benzene rings is 2. The smallest absolute Gasteiger partial charge is 0.309 e. The van der Waals surface area contributed by atoms with E-state index in [1.54, 1.807) is 0 Å². The molecule has 1 N–H and O–H groups in total. The second-order valence-electron chi connectivity index (χ2n) is 7.78. The number of carbonyl (C=O) groups is 1. The molecule has 150 valence electrons. The first-order valence-corrected chi connectivity index (χ1v) is 9.79. The molecule has 1 heterocycles. The average molecular weight is 390 g/mol. The lowest BCUT2D eigenvalue weighted by molar-refractivity contribution is -0.147. The van der Waals surface area contributed by atoms with Gasteiger partial charge in [0.25, 0.3) is 0 Å². The van der Waals surface area contributed by atoms with Gasteiger partial charge in [0.2, 0.25) is 0 Å². The van der Waals surface area contributed by atoms with Crippen LogP contribution in [0.5, 0.6) is 5.75 Å². The third-order valence-corrected chi connectivity index (χ3v) is 5.02. The van der Waals surface area contributed by atoms with Gasteiger partial charge in [-0.15, -0.1) is 0 Å². The van der Waals surface area contributed by atoms with E-state index in [0.29, 0.717) is 24.4 Å². The summed E-state index contributed by atoms with van der Waals surface area (Å²) in [6, 6.07) is 14.1. The summed E-state index contributed by atoms with van der Waals surface area (Å²) >= 11 is 0. The molecule has 3 rings (SSSR count). The largest absolute Gasteiger partial charge is 0.490 e. The van der Waals surface area contributed by atoms with Crippen LogP contribution in [0.3, 0.4) is 0 Å². The molecule has 1 aliphatic heterocycles. The number of nitrogens with zero attached hydrogens (tertiary/aromatic N) is 2. The normalized spacial score (nSPS) is 14.7. The summed E-state index contributed by atoms with van der Waals surface area (Å²) in [6.45, 7) is 7.97. The maximum atomic E-state index is 10.9. The number of carboxylic acids is 1. The number of rotatable bonds is 7. The van der Waals surface area contributed by atoms with Crippen LogP contribution in [0.4, 0.5) is 0 Å². The molecule has 0 spiro atoms. The molecule has 0 saturated carbocycles. The minimum absolute atomic E-state index is 0.0243. The van der Waals surface area contributed by atoms with Crippen LogP contribution in [0, 0.1) is 24.2 Å². The number of hydrogen-bond acceptors (Lipinski definition) is 4. The van der Waals surface area contributed by atoms with Gasteiger partial charge in [-0.2, -0.15) is 5.26 Å². The van der Waals surface area contributed by atoms with Crippen molar-refractivity contribution in [1.29, 1.82) is 5.26 Å². The number of hydrogen-bond donors (Lipinski definition) is 1. The summed E-state index contributed by atoms with van der Waals surface area (Å²) in [5.41, 5.74) is 4.96. The molecule has 0 radical (unpaired) electrons. The number of carboxylic acid groups (broad SMARTS) is 1. The fraction of sp³-hybridized carbons (Fsp3) is 0.333. The molecular weight excluding hydrogens is 364 g/mol. The summed E-state index contributed by atoms with van der Waals surface area (Å²) in [7, 11) is 0. The molecule has 0 amide bonds. The minimum atomic E-state index is -0.707. The Morgan fingerprint density at radius 2 is 1.90 bits per heavy atom. The molecular formula is C24H26N2O3. The lowest BCUT2D eigenvalue weighted by Crippen LogP contribution is -2.49. The van der Waals surface area contributed by atoms with Gasteiger partial charge in [0.05, 0.1) is 17.6 Å². The number of aryl methyl sites for hydroxylation is 1. The highest BCUT2D eigenvalue weighted by Crippen LogP contribution is 2.23. The molecule has 0 unspecified atom stereocenters. The molecule has 0 aromatic heterocycles. The van der Waals surface area contributed by atoms with E-state index in [-0.39, 0.29) is 12.0 Å². The van der Waals surface area contributed by atoms with Crippen molar-refractivity contribution < 1.29 is 14.6 Å². The van der Waals surface area contributed by atoms with Gasteiger partial charge in [-0.1, -0.05) is 36.4 Å². The molecule has 5 heteroatoms. The maximum Gasteiger partial charge on any atom is 0.309 e. The van der Waals surface area contributed by atoms with Crippen LogP contribution in [-0.2, 0) is 11.3 Å². The predicted molar refractivity (Wildman–Crippen MR) is 113 cm³/mol. The van der Waals surface area contributed by atoms with E-state index in [1.807, 2.05) is 44.2 Å². The number of ether oxygens (including phenoxy) is 1. The molecule has 0 aliphatic carbocycles. The van der Waals surface area contributed by atoms with Gasteiger partial charge in [-0.3, -0.25) is 9.69 Å². The Morgan fingerprint density at radius 3 is 2.48 bits per heavy atom. The van der Waals surface area contributed by atoms with Crippen molar-refractivity contribution in [2.45, 2.75) is 33.4 Å². The number of nitriles is 1. The van der Waals surface area contributed by atoms with Gasteiger partial charge in [0.15, 0.2) is 0 Å². The Hall–Kier alpha value is -3.10. The first-order valence-electron chi connectivity index (χ1n) is 9.79. The quantitative estimate of drug-likeness (QED) is 0.712. The van der Waals surface area contributed by atoms with Gasteiger partial charge < -0.3 is 9.84 Å². The maximum absolute atomic E-state index is 10.9. The molecule has 1 aliphatic rings. The summed E-state index contributed by atoms with van der Waals surface area (Å²) in [4.78, 5) is 13.1. The zero-order valence-corrected chi connectivity index (χ0v) is 17.1. The third kappa shape index (κ3) is 5.24. The lowest BCUT2D eigenvalue weighted by Gasteiger charge is -2.36. The van der Waals surface area contributed by atoms with Crippen LogP contribution in [0.2, 0.25) is 0 Å². The van der Waals surface area contributed by atoms with Gasteiger partial charge in [-0.25, -0.2) is 0 Å². The molecule has 1 saturated heterocycles. The van der Waals surface area contributed by atoms with Crippen LogP contribution >= 0.6 is 0 Å². The number of likely N-dealkylation sites (tertiary alicyclic amines) is 1. The zero-order chi connectivity index (χ0) is 21.0. The third-order valence-electron chi connectivity index (χ3n) is 5.02. The van der Waals surface area contributed by atoms with Gasteiger partial charge in [0.1, 0.15) is 11.8 Å². The van der Waals surface area contributed by atoms with Crippen LogP contribution in [0.25, 0.3) is 12.2 Å². The van der Waals surface area contributed by atoms with Crippen molar-refractivity contribution in [2.24, 2.45) is 5.92 Å². The summed E-state index contributed by atoms with van der Waals surface area (Å²) in [5, 5.41) is 18.3. The summed E-state index contributed by atoms with van der Waals surface area (Å²) < 4.78 is 5.67.